The van der Waals surface area contributed by atoms with Crippen molar-refractivity contribution in [1.82, 2.24) is 10.2 Å². The Balaban J connectivity index is 2.08. The molecule has 0 spiro atoms. The summed E-state index contributed by atoms with van der Waals surface area (Å²) in [6.45, 7) is 14.8. The number of hydrogen-bond acceptors (Lipinski definition) is 2. The zero-order chi connectivity index (χ0) is 14.0. The van der Waals surface area contributed by atoms with E-state index in [0.717, 1.165) is 19.6 Å². The van der Waals surface area contributed by atoms with Gasteiger partial charge in [-0.25, -0.2) is 0 Å². The van der Waals surface area contributed by atoms with Gasteiger partial charge in [0.2, 0.25) is 0 Å². The van der Waals surface area contributed by atoms with Crippen molar-refractivity contribution in [3.63, 3.8) is 0 Å². The topological polar surface area (TPSA) is 15.3 Å². The Bertz CT molecular complexity index is 420. The Kier molecular flexibility index (Phi) is 4.32. The van der Waals surface area contributed by atoms with E-state index >= 15 is 0 Å². The summed E-state index contributed by atoms with van der Waals surface area (Å²) < 4.78 is 0. The molecule has 0 aliphatic carbocycles. The quantitative estimate of drug-likeness (QED) is 0.878. The Labute approximate surface area is 118 Å². The van der Waals surface area contributed by atoms with Crippen LogP contribution in [0.3, 0.4) is 0 Å². The second-order valence-corrected chi connectivity index (χ2v) is 7.03. The minimum Gasteiger partial charge on any atom is -0.311 e. The first-order valence-electron chi connectivity index (χ1n) is 7.40. The molecule has 2 rings (SSSR count). The van der Waals surface area contributed by atoms with Crippen molar-refractivity contribution < 1.29 is 0 Å². The number of nitrogens with one attached hydrogen (secondary N) is 1. The monoisotopic (exact) mass is 260 g/mol. The molecular formula is C17H28N2. The normalized spacial score (nSPS) is 25.5. The Morgan fingerprint density at radius 1 is 1.26 bits per heavy atom. The fraction of sp³-hybridized carbons (Fsp3) is 0.647. The highest BCUT2D eigenvalue weighted by atomic mass is 15.2. The van der Waals surface area contributed by atoms with Crippen LogP contribution in [0.15, 0.2) is 24.3 Å². The van der Waals surface area contributed by atoms with Crippen molar-refractivity contribution in [1.29, 1.82) is 0 Å². The van der Waals surface area contributed by atoms with Crippen molar-refractivity contribution in [2.75, 3.05) is 13.1 Å². The second kappa shape index (κ2) is 5.64. The summed E-state index contributed by atoms with van der Waals surface area (Å²) in [4.78, 5) is 2.62. The van der Waals surface area contributed by atoms with E-state index in [2.05, 4.69) is 69.1 Å². The third-order valence-electron chi connectivity index (χ3n) is 4.38. The first kappa shape index (κ1) is 14.5. The molecule has 1 aliphatic heterocycles. The number of nitrogens with zero attached hydrogens (tertiary/aromatic N) is 1. The highest BCUT2D eigenvalue weighted by molar-refractivity contribution is 5.25. The first-order valence-corrected chi connectivity index (χ1v) is 7.40. The molecule has 106 valence electrons. The van der Waals surface area contributed by atoms with Gasteiger partial charge in [-0.3, -0.25) is 4.90 Å². The van der Waals surface area contributed by atoms with Crippen LogP contribution in [0.25, 0.3) is 0 Å². The molecule has 1 heterocycles. The molecule has 1 N–H and O–H groups in total. The van der Waals surface area contributed by atoms with E-state index in [1.807, 2.05) is 0 Å². The van der Waals surface area contributed by atoms with Crippen LogP contribution in [0.1, 0.15) is 38.8 Å². The van der Waals surface area contributed by atoms with Crippen LogP contribution in [0, 0.1) is 12.3 Å². The molecule has 0 radical (unpaired) electrons. The fourth-order valence-electron chi connectivity index (χ4n) is 2.73. The largest absolute Gasteiger partial charge is 0.311 e. The van der Waals surface area contributed by atoms with Gasteiger partial charge in [-0.2, -0.15) is 0 Å². The van der Waals surface area contributed by atoms with Crippen molar-refractivity contribution in [3.8, 4) is 0 Å². The van der Waals surface area contributed by atoms with E-state index in [9.17, 15) is 0 Å². The molecule has 1 aromatic carbocycles. The Hall–Kier alpha value is -0.860. The number of aryl methyl sites for hydroxylation is 1. The Morgan fingerprint density at radius 2 is 1.95 bits per heavy atom. The van der Waals surface area contributed by atoms with Crippen LogP contribution >= 0.6 is 0 Å². The zero-order valence-electron chi connectivity index (χ0n) is 13.0. The summed E-state index contributed by atoms with van der Waals surface area (Å²) in [5, 5.41) is 3.70. The van der Waals surface area contributed by atoms with Gasteiger partial charge in [0.05, 0.1) is 0 Å². The van der Waals surface area contributed by atoms with Gasteiger partial charge in [0.1, 0.15) is 0 Å². The van der Waals surface area contributed by atoms with Gasteiger partial charge >= 0.3 is 0 Å². The molecule has 1 saturated heterocycles. The summed E-state index contributed by atoms with van der Waals surface area (Å²) in [6.07, 6.45) is 0. The molecule has 0 aromatic heterocycles. The zero-order valence-corrected chi connectivity index (χ0v) is 13.0. The maximum Gasteiger partial charge on any atom is 0.0244 e. The minimum absolute atomic E-state index is 0.324. The molecule has 0 saturated carbocycles. The van der Waals surface area contributed by atoms with E-state index in [4.69, 9.17) is 0 Å². The number of piperazine rings is 1. The second-order valence-electron chi connectivity index (χ2n) is 7.03. The lowest BCUT2D eigenvalue weighted by Gasteiger charge is -2.44. The maximum atomic E-state index is 3.70. The summed E-state index contributed by atoms with van der Waals surface area (Å²) in [5.41, 5.74) is 3.19. The smallest absolute Gasteiger partial charge is 0.0244 e. The summed E-state index contributed by atoms with van der Waals surface area (Å²) in [6, 6.07) is 9.93. The minimum atomic E-state index is 0.324. The fourth-order valence-corrected chi connectivity index (χ4v) is 2.73. The van der Waals surface area contributed by atoms with Crippen LogP contribution < -0.4 is 5.32 Å². The van der Waals surface area contributed by atoms with E-state index in [1.54, 1.807) is 0 Å². The van der Waals surface area contributed by atoms with Crippen LogP contribution in [0.5, 0.6) is 0 Å². The molecule has 2 atom stereocenters. The van der Waals surface area contributed by atoms with E-state index < -0.39 is 0 Å². The summed E-state index contributed by atoms with van der Waals surface area (Å²) in [7, 11) is 0. The molecule has 2 nitrogen and oxygen atoms in total. The Morgan fingerprint density at radius 3 is 2.58 bits per heavy atom. The van der Waals surface area contributed by atoms with Crippen molar-refractivity contribution in [2.45, 2.75) is 53.2 Å². The molecule has 1 fully saturated rings. The first-order chi connectivity index (χ1) is 8.88. The van der Waals surface area contributed by atoms with Crippen LogP contribution in [-0.4, -0.2) is 30.1 Å². The highest BCUT2D eigenvalue weighted by Gasteiger charge is 2.32. The number of rotatable bonds is 2. The lowest BCUT2D eigenvalue weighted by Crippen LogP contribution is -2.59. The number of benzene rings is 1. The molecular weight excluding hydrogens is 232 g/mol. The number of hydrogen-bond donors (Lipinski definition) is 1. The third-order valence-corrected chi connectivity index (χ3v) is 4.38. The standard InChI is InChI=1S/C17H28N2/c1-13-8-6-7-9-15(13)11-19-12-16(17(3,4)5)18-10-14(19)2/h6-9,14,16,18H,10-12H2,1-5H3. The summed E-state index contributed by atoms with van der Waals surface area (Å²) in [5.74, 6) is 0. The van der Waals surface area contributed by atoms with Gasteiger partial charge in [0.15, 0.2) is 0 Å². The van der Waals surface area contributed by atoms with Gasteiger partial charge in [-0.1, -0.05) is 45.0 Å². The molecule has 1 aliphatic rings. The third kappa shape index (κ3) is 3.58. The SMILES string of the molecule is Cc1ccccc1CN1CC(C(C)(C)C)NCC1C. The lowest BCUT2D eigenvalue weighted by atomic mass is 9.84. The van der Waals surface area contributed by atoms with Gasteiger partial charge in [-0.05, 0) is 30.4 Å². The van der Waals surface area contributed by atoms with Gasteiger partial charge in [0, 0.05) is 31.7 Å². The maximum absolute atomic E-state index is 3.70. The highest BCUT2D eigenvalue weighted by Crippen LogP contribution is 2.24. The molecule has 19 heavy (non-hydrogen) atoms. The van der Waals surface area contributed by atoms with Gasteiger partial charge in [-0.15, -0.1) is 0 Å². The van der Waals surface area contributed by atoms with E-state index in [-0.39, 0.29) is 0 Å². The van der Waals surface area contributed by atoms with Gasteiger partial charge in [0.25, 0.3) is 0 Å². The predicted molar refractivity (Wildman–Crippen MR) is 82.3 cm³/mol. The molecule has 1 aromatic rings. The molecule has 2 heteroatoms. The van der Waals surface area contributed by atoms with E-state index in [1.165, 1.54) is 11.1 Å². The van der Waals surface area contributed by atoms with Crippen molar-refractivity contribution in [3.05, 3.63) is 35.4 Å². The molecule has 0 amide bonds. The van der Waals surface area contributed by atoms with Crippen LogP contribution in [0.2, 0.25) is 0 Å². The van der Waals surface area contributed by atoms with Gasteiger partial charge < -0.3 is 5.32 Å². The van der Waals surface area contributed by atoms with Crippen molar-refractivity contribution >= 4 is 0 Å². The molecule has 0 bridgehead atoms. The van der Waals surface area contributed by atoms with Crippen molar-refractivity contribution in [2.24, 2.45) is 5.41 Å². The molecule has 2 unspecified atom stereocenters. The predicted octanol–water partition coefficient (Wildman–Crippen LogP) is 3.20. The van der Waals surface area contributed by atoms with Crippen LogP contribution in [-0.2, 0) is 6.54 Å². The average Bonchev–Trinajstić information content (AvgIpc) is 2.33. The van der Waals surface area contributed by atoms with Crippen LogP contribution in [0.4, 0.5) is 0 Å². The lowest BCUT2D eigenvalue weighted by molar-refractivity contribution is 0.0876. The average molecular weight is 260 g/mol. The van der Waals surface area contributed by atoms with E-state index in [0.29, 0.717) is 17.5 Å². The summed E-state index contributed by atoms with van der Waals surface area (Å²) >= 11 is 0.